The van der Waals surface area contributed by atoms with Crippen LogP contribution in [0.25, 0.3) is 0 Å². The standard InChI is InChI=1S/C14H24BrN3O/c1-3-12-14(15)13(18(4-2)17-12)10-16-9-11-5-7-19-8-6-11/h11,16H,3-10H2,1-2H3. The predicted molar refractivity (Wildman–Crippen MR) is 80.2 cm³/mol. The number of aryl methyl sites for hydroxylation is 2. The second-order valence-corrected chi connectivity index (χ2v) is 5.86. The zero-order valence-electron chi connectivity index (χ0n) is 11.9. The molecule has 1 aliphatic heterocycles. The van der Waals surface area contributed by atoms with Crippen molar-refractivity contribution in [1.29, 1.82) is 0 Å². The molecular formula is C14H24BrN3O. The van der Waals surface area contributed by atoms with Gasteiger partial charge in [0.05, 0.1) is 15.9 Å². The van der Waals surface area contributed by atoms with Gasteiger partial charge >= 0.3 is 0 Å². The van der Waals surface area contributed by atoms with Gasteiger partial charge in [-0.05, 0) is 54.6 Å². The first-order chi connectivity index (χ1) is 9.26. The molecule has 4 nitrogen and oxygen atoms in total. The van der Waals surface area contributed by atoms with Gasteiger partial charge in [0.1, 0.15) is 0 Å². The molecule has 0 atom stereocenters. The summed E-state index contributed by atoms with van der Waals surface area (Å²) in [4.78, 5) is 0. The zero-order valence-corrected chi connectivity index (χ0v) is 13.5. The van der Waals surface area contributed by atoms with Gasteiger partial charge in [0.15, 0.2) is 0 Å². The lowest BCUT2D eigenvalue weighted by Gasteiger charge is -2.22. The summed E-state index contributed by atoms with van der Waals surface area (Å²) < 4.78 is 8.66. The van der Waals surface area contributed by atoms with Crippen molar-refractivity contribution in [3.63, 3.8) is 0 Å². The molecule has 0 radical (unpaired) electrons. The highest BCUT2D eigenvalue weighted by molar-refractivity contribution is 9.10. The third-order valence-electron chi connectivity index (χ3n) is 3.76. The molecule has 19 heavy (non-hydrogen) atoms. The van der Waals surface area contributed by atoms with Crippen molar-refractivity contribution in [2.24, 2.45) is 5.92 Å². The first kappa shape index (κ1) is 15.0. The summed E-state index contributed by atoms with van der Waals surface area (Å²) in [7, 11) is 0. The van der Waals surface area contributed by atoms with Crippen LogP contribution in [0.3, 0.4) is 0 Å². The molecule has 1 saturated heterocycles. The Morgan fingerprint density at radius 3 is 2.74 bits per heavy atom. The maximum atomic E-state index is 5.39. The highest BCUT2D eigenvalue weighted by atomic mass is 79.9. The van der Waals surface area contributed by atoms with E-state index in [4.69, 9.17) is 4.74 Å². The Morgan fingerprint density at radius 2 is 2.11 bits per heavy atom. The molecule has 5 heteroatoms. The normalized spacial score (nSPS) is 17.0. The van der Waals surface area contributed by atoms with E-state index in [1.807, 2.05) is 0 Å². The Kier molecular flexibility index (Phi) is 5.85. The van der Waals surface area contributed by atoms with Crippen LogP contribution in [0.15, 0.2) is 4.47 Å². The molecule has 0 aliphatic carbocycles. The molecule has 1 aromatic rings. The summed E-state index contributed by atoms with van der Waals surface area (Å²) >= 11 is 3.69. The van der Waals surface area contributed by atoms with Gasteiger partial charge in [-0.1, -0.05) is 6.92 Å². The Hall–Kier alpha value is -0.390. The largest absolute Gasteiger partial charge is 0.381 e. The second kappa shape index (κ2) is 7.41. The van der Waals surface area contributed by atoms with Crippen molar-refractivity contribution in [1.82, 2.24) is 15.1 Å². The fourth-order valence-electron chi connectivity index (χ4n) is 2.53. The topological polar surface area (TPSA) is 39.1 Å². The van der Waals surface area contributed by atoms with E-state index in [0.717, 1.165) is 50.9 Å². The number of nitrogens with one attached hydrogen (secondary N) is 1. The molecule has 1 aliphatic rings. The SMILES string of the molecule is CCc1nn(CC)c(CNCC2CCOCC2)c1Br. The average Bonchev–Trinajstić information content (AvgIpc) is 2.76. The van der Waals surface area contributed by atoms with Gasteiger partial charge in [0, 0.05) is 26.3 Å². The molecule has 1 fully saturated rings. The summed E-state index contributed by atoms with van der Waals surface area (Å²) in [6.07, 6.45) is 3.34. The van der Waals surface area contributed by atoms with Crippen molar-refractivity contribution in [2.75, 3.05) is 19.8 Å². The van der Waals surface area contributed by atoms with Crippen molar-refractivity contribution in [2.45, 2.75) is 46.2 Å². The van der Waals surface area contributed by atoms with E-state index in [0.29, 0.717) is 0 Å². The lowest BCUT2D eigenvalue weighted by Crippen LogP contribution is -2.28. The monoisotopic (exact) mass is 329 g/mol. The van der Waals surface area contributed by atoms with Gasteiger partial charge in [0.25, 0.3) is 0 Å². The van der Waals surface area contributed by atoms with Crippen LogP contribution in [0.1, 0.15) is 38.1 Å². The molecule has 2 heterocycles. The van der Waals surface area contributed by atoms with Crippen LogP contribution in [0, 0.1) is 5.92 Å². The minimum Gasteiger partial charge on any atom is -0.381 e. The van der Waals surface area contributed by atoms with Gasteiger partial charge < -0.3 is 10.1 Å². The third kappa shape index (κ3) is 3.80. The highest BCUT2D eigenvalue weighted by Gasteiger charge is 2.16. The quantitative estimate of drug-likeness (QED) is 0.872. The predicted octanol–water partition coefficient (Wildman–Crippen LogP) is 2.74. The van der Waals surface area contributed by atoms with E-state index < -0.39 is 0 Å². The number of rotatable bonds is 6. The highest BCUT2D eigenvalue weighted by Crippen LogP contribution is 2.22. The lowest BCUT2D eigenvalue weighted by molar-refractivity contribution is 0.0662. The molecule has 0 spiro atoms. The van der Waals surface area contributed by atoms with E-state index in [-0.39, 0.29) is 0 Å². The Labute approximate surface area is 124 Å². The van der Waals surface area contributed by atoms with Crippen LogP contribution in [0.5, 0.6) is 0 Å². The lowest BCUT2D eigenvalue weighted by atomic mass is 10.0. The Morgan fingerprint density at radius 1 is 1.37 bits per heavy atom. The van der Waals surface area contributed by atoms with Crippen LogP contribution in [0.4, 0.5) is 0 Å². The maximum Gasteiger partial charge on any atom is 0.0767 e. The number of hydrogen-bond acceptors (Lipinski definition) is 3. The Bertz CT molecular complexity index is 400. The minimum absolute atomic E-state index is 0.760. The zero-order chi connectivity index (χ0) is 13.7. The fourth-order valence-corrected chi connectivity index (χ4v) is 3.24. The fraction of sp³-hybridized carbons (Fsp3) is 0.786. The Balaban J connectivity index is 1.89. The van der Waals surface area contributed by atoms with Crippen LogP contribution in [-0.2, 0) is 24.2 Å². The number of halogens is 1. The molecule has 0 amide bonds. The van der Waals surface area contributed by atoms with Crippen molar-refractivity contribution in [3.8, 4) is 0 Å². The molecule has 0 saturated carbocycles. The summed E-state index contributed by atoms with van der Waals surface area (Å²) in [5.41, 5.74) is 2.43. The van der Waals surface area contributed by atoms with Crippen LogP contribution < -0.4 is 5.32 Å². The molecule has 1 N–H and O–H groups in total. The number of ether oxygens (including phenoxy) is 1. The van der Waals surface area contributed by atoms with Crippen LogP contribution in [0.2, 0.25) is 0 Å². The minimum atomic E-state index is 0.760. The average molecular weight is 330 g/mol. The molecule has 0 bridgehead atoms. The van der Waals surface area contributed by atoms with Gasteiger partial charge in [-0.2, -0.15) is 5.10 Å². The molecular weight excluding hydrogens is 306 g/mol. The number of aromatic nitrogens is 2. The summed E-state index contributed by atoms with van der Waals surface area (Å²) in [5.74, 6) is 0.760. The van der Waals surface area contributed by atoms with Gasteiger partial charge in [-0.15, -0.1) is 0 Å². The van der Waals surface area contributed by atoms with Gasteiger partial charge in [-0.3, -0.25) is 4.68 Å². The molecule has 0 unspecified atom stereocenters. The molecule has 0 aromatic carbocycles. The third-order valence-corrected chi connectivity index (χ3v) is 4.68. The first-order valence-corrected chi connectivity index (χ1v) is 8.08. The van der Waals surface area contributed by atoms with Crippen LogP contribution >= 0.6 is 15.9 Å². The summed E-state index contributed by atoms with van der Waals surface area (Å²) in [6.45, 7) is 9.01. The van der Waals surface area contributed by atoms with Crippen molar-refractivity contribution < 1.29 is 4.74 Å². The van der Waals surface area contributed by atoms with Crippen LogP contribution in [-0.4, -0.2) is 29.5 Å². The van der Waals surface area contributed by atoms with Crippen molar-refractivity contribution in [3.05, 3.63) is 15.9 Å². The smallest absolute Gasteiger partial charge is 0.0767 e. The summed E-state index contributed by atoms with van der Waals surface area (Å²) in [5, 5.41) is 8.20. The number of hydrogen-bond donors (Lipinski definition) is 1. The van der Waals surface area contributed by atoms with E-state index >= 15 is 0 Å². The molecule has 108 valence electrons. The maximum absolute atomic E-state index is 5.39. The van der Waals surface area contributed by atoms with E-state index in [1.165, 1.54) is 23.0 Å². The van der Waals surface area contributed by atoms with E-state index in [1.54, 1.807) is 0 Å². The van der Waals surface area contributed by atoms with Gasteiger partial charge in [-0.25, -0.2) is 0 Å². The van der Waals surface area contributed by atoms with E-state index in [9.17, 15) is 0 Å². The van der Waals surface area contributed by atoms with Crippen molar-refractivity contribution >= 4 is 15.9 Å². The van der Waals surface area contributed by atoms with Gasteiger partial charge in [0.2, 0.25) is 0 Å². The second-order valence-electron chi connectivity index (χ2n) is 5.06. The summed E-state index contributed by atoms with van der Waals surface area (Å²) in [6, 6.07) is 0. The first-order valence-electron chi connectivity index (χ1n) is 7.28. The number of nitrogens with zero attached hydrogens (tertiary/aromatic N) is 2. The molecule has 2 rings (SSSR count). The molecule has 1 aromatic heterocycles. The van der Waals surface area contributed by atoms with E-state index in [2.05, 4.69) is 44.9 Å².